The monoisotopic (exact) mass is 315 g/mol. The number of aromatic nitrogens is 2. The van der Waals surface area contributed by atoms with Crippen LogP contribution in [0.2, 0.25) is 0 Å². The fourth-order valence-corrected chi connectivity index (χ4v) is 3.67. The predicted octanol–water partition coefficient (Wildman–Crippen LogP) is 0.787. The second-order valence-electron chi connectivity index (χ2n) is 5.92. The van der Waals surface area contributed by atoms with Crippen molar-refractivity contribution in [2.75, 3.05) is 24.4 Å². The molecule has 1 fully saturated rings. The smallest absolute Gasteiger partial charge is 0.301 e. The quantitative estimate of drug-likeness (QED) is 0.813. The Morgan fingerprint density at radius 1 is 1.38 bits per heavy atom. The lowest BCUT2D eigenvalue weighted by molar-refractivity contribution is 0.265. The third kappa shape index (κ3) is 4.69. The first-order valence-corrected chi connectivity index (χ1v) is 8.81. The summed E-state index contributed by atoms with van der Waals surface area (Å²) in [5.41, 5.74) is 0.501. The van der Waals surface area contributed by atoms with Crippen LogP contribution in [0.3, 0.4) is 0 Å². The number of rotatable bonds is 6. The van der Waals surface area contributed by atoms with Crippen molar-refractivity contribution in [3.63, 3.8) is 0 Å². The van der Waals surface area contributed by atoms with E-state index >= 15 is 0 Å². The standard InChI is InChI=1S/C13H25N5O2S/c1-11(2)14-8-12-4-6-18(7-5-12)21(19,20)16-13-9-15-17(3)10-13/h9-12,14,16H,4-8H2,1-3H3. The van der Waals surface area contributed by atoms with Crippen LogP contribution >= 0.6 is 0 Å². The molecule has 0 spiro atoms. The largest absolute Gasteiger partial charge is 0.314 e. The van der Waals surface area contributed by atoms with Gasteiger partial charge in [-0.15, -0.1) is 0 Å². The number of piperidine rings is 1. The van der Waals surface area contributed by atoms with E-state index in [9.17, 15) is 8.42 Å². The maximum absolute atomic E-state index is 12.3. The van der Waals surface area contributed by atoms with Gasteiger partial charge >= 0.3 is 10.2 Å². The van der Waals surface area contributed by atoms with E-state index in [0.717, 1.165) is 19.4 Å². The molecule has 0 radical (unpaired) electrons. The van der Waals surface area contributed by atoms with Gasteiger partial charge in [0.1, 0.15) is 0 Å². The molecular formula is C13H25N5O2S. The second-order valence-corrected chi connectivity index (χ2v) is 7.59. The van der Waals surface area contributed by atoms with E-state index in [0.29, 0.717) is 30.7 Å². The van der Waals surface area contributed by atoms with Crippen LogP contribution in [0, 0.1) is 5.92 Å². The summed E-state index contributed by atoms with van der Waals surface area (Å²) in [7, 11) is -1.71. The predicted molar refractivity (Wildman–Crippen MR) is 83.2 cm³/mol. The van der Waals surface area contributed by atoms with Crippen molar-refractivity contribution in [1.29, 1.82) is 0 Å². The summed E-state index contributed by atoms with van der Waals surface area (Å²) in [6, 6.07) is 0.471. The Balaban J connectivity index is 1.86. The van der Waals surface area contributed by atoms with E-state index in [1.54, 1.807) is 17.9 Å². The van der Waals surface area contributed by atoms with Crippen LogP contribution in [-0.2, 0) is 17.3 Å². The van der Waals surface area contributed by atoms with Gasteiger partial charge in [0.2, 0.25) is 0 Å². The van der Waals surface area contributed by atoms with Gasteiger partial charge in [-0.05, 0) is 25.3 Å². The van der Waals surface area contributed by atoms with Gasteiger partial charge in [-0.1, -0.05) is 13.8 Å². The van der Waals surface area contributed by atoms with Gasteiger partial charge in [0, 0.05) is 32.4 Å². The molecule has 7 nitrogen and oxygen atoms in total. The topological polar surface area (TPSA) is 79.3 Å². The highest BCUT2D eigenvalue weighted by Gasteiger charge is 2.28. The van der Waals surface area contributed by atoms with Gasteiger partial charge in [-0.25, -0.2) is 0 Å². The van der Waals surface area contributed by atoms with E-state index in [2.05, 4.69) is 29.0 Å². The van der Waals surface area contributed by atoms with Crippen LogP contribution in [0.4, 0.5) is 5.69 Å². The van der Waals surface area contributed by atoms with Gasteiger partial charge in [-0.3, -0.25) is 9.40 Å². The third-order valence-electron chi connectivity index (χ3n) is 3.68. The van der Waals surface area contributed by atoms with Crippen molar-refractivity contribution in [1.82, 2.24) is 19.4 Å². The molecule has 0 saturated carbocycles. The number of aryl methyl sites for hydroxylation is 1. The average Bonchev–Trinajstić information content (AvgIpc) is 2.81. The fourth-order valence-electron chi connectivity index (χ4n) is 2.44. The minimum Gasteiger partial charge on any atom is -0.314 e. The van der Waals surface area contributed by atoms with Crippen molar-refractivity contribution < 1.29 is 8.42 Å². The van der Waals surface area contributed by atoms with Gasteiger partial charge in [0.15, 0.2) is 0 Å². The molecule has 1 aromatic rings. The van der Waals surface area contributed by atoms with Crippen molar-refractivity contribution in [3.05, 3.63) is 12.4 Å². The zero-order valence-corrected chi connectivity index (χ0v) is 13.7. The number of nitrogens with zero attached hydrogens (tertiary/aromatic N) is 3. The number of hydrogen-bond donors (Lipinski definition) is 2. The molecule has 0 amide bonds. The Morgan fingerprint density at radius 3 is 2.57 bits per heavy atom. The zero-order valence-electron chi connectivity index (χ0n) is 12.9. The van der Waals surface area contributed by atoms with Gasteiger partial charge in [0.25, 0.3) is 0 Å². The summed E-state index contributed by atoms with van der Waals surface area (Å²) < 4.78 is 30.3. The van der Waals surface area contributed by atoms with Crippen LogP contribution < -0.4 is 10.0 Å². The maximum atomic E-state index is 12.3. The second kappa shape index (κ2) is 6.76. The summed E-state index contributed by atoms with van der Waals surface area (Å²) in [6.45, 7) is 6.34. The molecule has 2 N–H and O–H groups in total. The molecule has 0 unspecified atom stereocenters. The zero-order chi connectivity index (χ0) is 15.5. The summed E-state index contributed by atoms with van der Waals surface area (Å²) in [5.74, 6) is 0.553. The van der Waals surface area contributed by atoms with Gasteiger partial charge < -0.3 is 5.32 Å². The summed E-state index contributed by atoms with van der Waals surface area (Å²) in [4.78, 5) is 0. The molecule has 0 bridgehead atoms. The van der Waals surface area contributed by atoms with Gasteiger partial charge in [-0.2, -0.15) is 17.8 Å². The molecule has 2 rings (SSSR count). The van der Waals surface area contributed by atoms with Crippen LogP contribution in [0.15, 0.2) is 12.4 Å². The van der Waals surface area contributed by atoms with Gasteiger partial charge in [0.05, 0.1) is 11.9 Å². The Labute approximate surface area is 126 Å². The van der Waals surface area contributed by atoms with E-state index in [-0.39, 0.29) is 0 Å². The molecule has 0 aliphatic carbocycles. The Bertz CT molecular complexity index is 547. The average molecular weight is 315 g/mol. The molecule has 1 saturated heterocycles. The lowest BCUT2D eigenvalue weighted by Gasteiger charge is -2.31. The fraction of sp³-hybridized carbons (Fsp3) is 0.769. The Hall–Kier alpha value is -1.12. The lowest BCUT2D eigenvalue weighted by atomic mass is 9.98. The van der Waals surface area contributed by atoms with Crippen LogP contribution in [-0.4, -0.2) is 48.2 Å². The highest BCUT2D eigenvalue weighted by atomic mass is 32.2. The third-order valence-corrected chi connectivity index (χ3v) is 5.22. The number of nitrogens with one attached hydrogen (secondary N) is 2. The molecule has 0 atom stereocenters. The Morgan fingerprint density at radius 2 is 2.05 bits per heavy atom. The van der Waals surface area contributed by atoms with E-state index in [1.165, 1.54) is 10.5 Å². The molecule has 1 aliphatic rings. The van der Waals surface area contributed by atoms with E-state index in [4.69, 9.17) is 0 Å². The molecule has 8 heteroatoms. The maximum Gasteiger partial charge on any atom is 0.301 e. The van der Waals surface area contributed by atoms with Crippen molar-refractivity contribution in [2.24, 2.45) is 13.0 Å². The highest BCUT2D eigenvalue weighted by molar-refractivity contribution is 7.90. The molecule has 2 heterocycles. The molecule has 1 aromatic heterocycles. The SMILES string of the molecule is CC(C)NCC1CCN(S(=O)(=O)Nc2cnn(C)c2)CC1. The normalized spacial score (nSPS) is 18.3. The number of anilines is 1. The van der Waals surface area contributed by atoms with Crippen LogP contribution in [0.1, 0.15) is 26.7 Å². The van der Waals surface area contributed by atoms with E-state index in [1.807, 2.05) is 0 Å². The summed E-state index contributed by atoms with van der Waals surface area (Å²) >= 11 is 0. The minimum absolute atomic E-state index is 0.471. The van der Waals surface area contributed by atoms with Crippen molar-refractivity contribution >= 4 is 15.9 Å². The summed E-state index contributed by atoms with van der Waals surface area (Å²) in [6.07, 6.45) is 4.95. The number of hydrogen-bond acceptors (Lipinski definition) is 4. The lowest BCUT2D eigenvalue weighted by Crippen LogP contribution is -2.43. The summed E-state index contributed by atoms with van der Waals surface area (Å²) in [5, 5.41) is 7.38. The first-order valence-electron chi connectivity index (χ1n) is 7.37. The van der Waals surface area contributed by atoms with Crippen molar-refractivity contribution in [2.45, 2.75) is 32.7 Å². The van der Waals surface area contributed by atoms with E-state index < -0.39 is 10.2 Å². The van der Waals surface area contributed by atoms with Crippen LogP contribution in [0.25, 0.3) is 0 Å². The molecular weight excluding hydrogens is 290 g/mol. The first-order chi connectivity index (χ1) is 9.87. The molecule has 21 heavy (non-hydrogen) atoms. The minimum atomic E-state index is -3.47. The van der Waals surface area contributed by atoms with Crippen LogP contribution in [0.5, 0.6) is 0 Å². The molecule has 120 valence electrons. The molecule has 0 aromatic carbocycles. The highest BCUT2D eigenvalue weighted by Crippen LogP contribution is 2.20. The van der Waals surface area contributed by atoms with Crippen molar-refractivity contribution in [3.8, 4) is 0 Å². The molecule has 1 aliphatic heterocycles. The Kier molecular flexibility index (Phi) is 5.23. The first kappa shape index (κ1) is 16.3.